The summed E-state index contributed by atoms with van der Waals surface area (Å²) in [6, 6.07) is 25.6. The van der Waals surface area contributed by atoms with Crippen LogP contribution in [0.4, 0.5) is 0 Å². The van der Waals surface area contributed by atoms with Gasteiger partial charge in [-0.3, -0.25) is 14.6 Å². The zero-order valence-corrected chi connectivity index (χ0v) is 17.6. The number of benzene rings is 3. The summed E-state index contributed by atoms with van der Waals surface area (Å²) in [5, 5.41) is 12.7. The van der Waals surface area contributed by atoms with Crippen molar-refractivity contribution in [1.29, 1.82) is 0 Å². The third-order valence-electron chi connectivity index (χ3n) is 5.01. The van der Waals surface area contributed by atoms with Gasteiger partial charge in [-0.1, -0.05) is 78.1 Å². The molecule has 0 fully saturated rings. The fourth-order valence-corrected chi connectivity index (χ4v) is 4.15. The monoisotopic (exact) mass is 430 g/mol. The minimum atomic E-state index is -0.249. The van der Waals surface area contributed by atoms with Crippen LogP contribution in [0.25, 0.3) is 11.1 Å². The number of aromatic amines is 1. The first-order chi connectivity index (χ1) is 15.1. The van der Waals surface area contributed by atoms with Crippen LogP contribution in [0.2, 0.25) is 0 Å². The third-order valence-corrected chi connectivity index (χ3v) is 5.89. The number of rotatable bonds is 7. The molecule has 4 aromatic rings. The normalized spacial score (nSPS) is 10.7. The van der Waals surface area contributed by atoms with E-state index in [1.165, 1.54) is 0 Å². The minimum absolute atomic E-state index is 0.0499. The number of carbonyl (C=O) groups excluding carboxylic acids is 1. The smallest absolute Gasteiger partial charge is 0.307 e. The molecule has 3 N–H and O–H groups in total. The van der Waals surface area contributed by atoms with Crippen LogP contribution in [0.15, 0.2) is 83.7 Å². The number of aromatic nitrogens is 1. The fourth-order valence-electron chi connectivity index (χ4n) is 3.39. The molecule has 3 aromatic carbocycles. The van der Waals surface area contributed by atoms with Gasteiger partial charge in [0.25, 0.3) is 5.91 Å². The van der Waals surface area contributed by atoms with Gasteiger partial charge >= 0.3 is 4.87 Å². The van der Waals surface area contributed by atoms with E-state index in [4.69, 9.17) is 0 Å². The Balaban J connectivity index is 1.38. The Morgan fingerprint density at radius 3 is 2.39 bits per heavy atom. The third kappa shape index (κ3) is 5.29. The number of carbonyl (C=O) groups is 1. The maximum Gasteiger partial charge on any atom is 0.307 e. The van der Waals surface area contributed by atoms with Gasteiger partial charge in [0, 0.05) is 18.5 Å². The molecule has 156 valence electrons. The number of thiazole rings is 1. The van der Waals surface area contributed by atoms with E-state index in [1.807, 2.05) is 48.5 Å². The molecule has 1 heterocycles. The van der Waals surface area contributed by atoms with Crippen LogP contribution >= 0.6 is 11.3 Å². The van der Waals surface area contributed by atoms with E-state index in [-0.39, 0.29) is 16.7 Å². The lowest BCUT2D eigenvalue weighted by molar-refractivity contribution is 0.0954. The van der Waals surface area contributed by atoms with Gasteiger partial charge in [-0.25, -0.2) is 0 Å². The summed E-state index contributed by atoms with van der Waals surface area (Å²) in [5.41, 5.74) is 5.03. The Labute approximate surface area is 184 Å². The summed E-state index contributed by atoms with van der Waals surface area (Å²) in [5.74, 6) is -0.114. The van der Waals surface area contributed by atoms with E-state index < -0.39 is 0 Å². The Morgan fingerprint density at radius 1 is 0.903 bits per heavy atom. The molecule has 0 aliphatic heterocycles. The Bertz CT molecular complexity index is 1230. The van der Waals surface area contributed by atoms with Crippen LogP contribution in [0.5, 0.6) is 5.88 Å². The number of hydrogen-bond donors (Lipinski definition) is 3. The van der Waals surface area contributed by atoms with Gasteiger partial charge in [-0.15, -0.1) is 0 Å². The molecule has 0 aliphatic rings. The molecular weight excluding hydrogens is 408 g/mol. The molecule has 0 saturated heterocycles. The summed E-state index contributed by atoms with van der Waals surface area (Å²) < 4.78 is 0. The number of aromatic hydroxyl groups is 1. The van der Waals surface area contributed by atoms with Crippen molar-refractivity contribution in [2.75, 3.05) is 6.54 Å². The van der Waals surface area contributed by atoms with Crippen LogP contribution in [0.1, 0.15) is 26.4 Å². The summed E-state index contributed by atoms with van der Waals surface area (Å²) >= 11 is 1.03. The van der Waals surface area contributed by atoms with Crippen LogP contribution < -0.4 is 10.2 Å². The zero-order chi connectivity index (χ0) is 21.6. The van der Waals surface area contributed by atoms with E-state index in [0.717, 1.165) is 40.0 Å². The average Bonchev–Trinajstić information content (AvgIpc) is 3.11. The highest BCUT2D eigenvalue weighted by Crippen LogP contribution is 2.24. The molecule has 31 heavy (non-hydrogen) atoms. The van der Waals surface area contributed by atoms with Gasteiger partial charge in [0.05, 0.1) is 4.88 Å². The Morgan fingerprint density at radius 2 is 1.68 bits per heavy atom. The molecule has 0 aliphatic carbocycles. The second-order valence-electron chi connectivity index (χ2n) is 7.23. The van der Waals surface area contributed by atoms with Crippen molar-refractivity contribution in [1.82, 2.24) is 10.3 Å². The van der Waals surface area contributed by atoms with Gasteiger partial charge in [-0.05, 0) is 40.8 Å². The number of hydrogen-bond acceptors (Lipinski definition) is 4. The second-order valence-corrected chi connectivity index (χ2v) is 8.30. The molecule has 5 nitrogen and oxygen atoms in total. The topological polar surface area (TPSA) is 82.2 Å². The van der Waals surface area contributed by atoms with Gasteiger partial charge in [0.1, 0.15) is 0 Å². The first kappa shape index (κ1) is 20.6. The van der Waals surface area contributed by atoms with E-state index in [2.05, 4.69) is 28.5 Å². The molecule has 0 bridgehead atoms. The van der Waals surface area contributed by atoms with E-state index in [0.29, 0.717) is 23.4 Å². The summed E-state index contributed by atoms with van der Waals surface area (Å²) in [6.45, 7) is 0.569. The molecular formula is C25H22N2O3S. The molecule has 1 aromatic heterocycles. The number of H-pyrrole nitrogens is 1. The van der Waals surface area contributed by atoms with Crippen molar-refractivity contribution in [3.8, 4) is 17.0 Å². The predicted molar refractivity (Wildman–Crippen MR) is 124 cm³/mol. The lowest BCUT2D eigenvalue weighted by atomic mass is 10.00. The highest BCUT2D eigenvalue weighted by Gasteiger charge is 2.08. The Kier molecular flexibility index (Phi) is 6.29. The SMILES string of the molecule is O=C(NCCc1cccc(-c2ccc(Cc3sc(=O)[nH]c3O)cc2)c1)c1ccccc1. The van der Waals surface area contributed by atoms with Crippen molar-refractivity contribution in [3.05, 3.63) is 110 Å². The molecule has 0 saturated carbocycles. The maximum absolute atomic E-state index is 12.2. The quantitative estimate of drug-likeness (QED) is 0.407. The summed E-state index contributed by atoms with van der Waals surface area (Å²) in [4.78, 5) is 26.3. The van der Waals surface area contributed by atoms with Crippen molar-refractivity contribution >= 4 is 17.2 Å². The molecule has 1 amide bonds. The highest BCUT2D eigenvalue weighted by molar-refractivity contribution is 7.09. The van der Waals surface area contributed by atoms with E-state index in [1.54, 1.807) is 12.1 Å². The van der Waals surface area contributed by atoms with Gasteiger partial charge in [0.2, 0.25) is 5.88 Å². The van der Waals surface area contributed by atoms with Crippen molar-refractivity contribution in [3.63, 3.8) is 0 Å². The Hall–Kier alpha value is -3.64. The van der Waals surface area contributed by atoms with E-state index in [9.17, 15) is 14.7 Å². The van der Waals surface area contributed by atoms with Gasteiger partial charge in [0.15, 0.2) is 0 Å². The molecule has 0 atom stereocenters. The van der Waals surface area contributed by atoms with Crippen LogP contribution in [-0.4, -0.2) is 22.5 Å². The molecule has 0 unspecified atom stereocenters. The first-order valence-corrected chi connectivity index (χ1v) is 10.8. The average molecular weight is 431 g/mol. The standard InChI is InChI=1S/C25H22N2O3S/c28-23(20-6-2-1-3-7-20)26-14-13-17-5-4-8-21(15-17)19-11-9-18(10-12-19)16-22-24(29)27-25(30)31-22/h1-12,15,29H,13-14,16H2,(H,26,28)(H,27,30). The summed E-state index contributed by atoms with van der Waals surface area (Å²) in [7, 11) is 0. The number of amides is 1. The first-order valence-electron chi connectivity index (χ1n) is 10.0. The van der Waals surface area contributed by atoms with Crippen molar-refractivity contribution < 1.29 is 9.90 Å². The maximum atomic E-state index is 12.2. The van der Waals surface area contributed by atoms with Gasteiger partial charge in [-0.2, -0.15) is 0 Å². The lowest BCUT2D eigenvalue weighted by Crippen LogP contribution is -2.25. The summed E-state index contributed by atoms with van der Waals surface area (Å²) in [6.07, 6.45) is 1.26. The highest BCUT2D eigenvalue weighted by atomic mass is 32.1. The molecule has 4 rings (SSSR count). The second kappa shape index (κ2) is 9.45. The molecule has 6 heteroatoms. The largest absolute Gasteiger partial charge is 0.494 e. The van der Waals surface area contributed by atoms with E-state index >= 15 is 0 Å². The number of nitrogens with one attached hydrogen (secondary N) is 2. The van der Waals surface area contributed by atoms with Crippen LogP contribution in [-0.2, 0) is 12.8 Å². The van der Waals surface area contributed by atoms with Crippen LogP contribution in [0.3, 0.4) is 0 Å². The molecule has 0 radical (unpaired) electrons. The van der Waals surface area contributed by atoms with Crippen LogP contribution in [0, 0.1) is 0 Å². The fraction of sp³-hybridized carbons (Fsp3) is 0.120. The van der Waals surface area contributed by atoms with Crippen molar-refractivity contribution in [2.24, 2.45) is 0 Å². The minimum Gasteiger partial charge on any atom is -0.494 e. The predicted octanol–water partition coefficient (Wildman–Crippen LogP) is 4.37. The zero-order valence-electron chi connectivity index (χ0n) is 16.8. The lowest BCUT2D eigenvalue weighted by Gasteiger charge is -2.08. The van der Waals surface area contributed by atoms with Gasteiger partial charge < -0.3 is 10.4 Å². The molecule has 0 spiro atoms. The van der Waals surface area contributed by atoms with Crippen molar-refractivity contribution in [2.45, 2.75) is 12.8 Å².